The van der Waals surface area contributed by atoms with E-state index in [9.17, 15) is 4.79 Å². The number of ether oxygens (including phenoxy) is 2. The molecule has 0 bridgehead atoms. The lowest BCUT2D eigenvalue weighted by atomic mass is 10.0. The minimum absolute atomic E-state index is 0.00286. The smallest absolute Gasteiger partial charge is 0.306 e. The molecular weight excluding hydrogens is 360 g/mol. The molecule has 3 nitrogen and oxygen atoms in total. The number of esters is 1. The molecule has 172 valence electrons. The molecule has 1 aliphatic rings. The van der Waals surface area contributed by atoms with Crippen LogP contribution in [0, 0.1) is 0 Å². The number of unbranched alkanes of at least 4 members (excludes halogenated alkanes) is 12. The minimum Gasteiger partial charge on any atom is -0.463 e. The van der Waals surface area contributed by atoms with E-state index in [1.165, 1.54) is 96.3 Å². The van der Waals surface area contributed by atoms with E-state index >= 15 is 0 Å². The second-order valence-electron chi connectivity index (χ2n) is 9.23. The first-order chi connectivity index (χ1) is 14.2. The van der Waals surface area contributed by atoms with Crippen LogP contribution in [-0.2, 0) is 14.3 Å². The SMILES string of the molecule is CCCCCCCCC1OC1CCCCCCCC(=O)OC(C)CCCCCC. The quantitative estimate of drug-likeness (QED) is 0.109. The number of carbonyl (C=O) groups is 1. The standard InChI is InChI=1S/C26H50O3/c1-4-6-8-10-12-16-20-24-25(29-24)21-17-13-11-14-18-22-26(27)28-23(3)19-15-9-7-5-2/h23-25H,4-22H2,1-3H3. The molecule has 0 aliphatic carbocycles. The molecule has 0 amide bonds. The average molecular weight is 411 g/mol. The van der Waals surface area contributed by atoms with E-state index < -0.39 is 0 Å². The molecule has 0 aromatic carbocycles. The van der Waals surface area contributed by atoms with Crippen molar-refractivity contribution in [2.75, 3.05) is 0 Å². The molecule has 1 saturated heterocycles. The van der Waals surface area contributed by atoms with E-state index in [2.05, 4.69) is 13.8 Å². The highest BCUT2D eigenvalue weighted by Gasteiger charge is 2.36. The Kier molecular flexibility index (Phi) is 16.6. The van der Waals surface area contributed by atoms with Crippen LogP contribution in [-0.4, -0.2) is 24.3 Å². The Labute approximate surface area is 181 Å². The molecule has 0 aromatic rings. The second-order valence-corrected chi connectivity index (χ2v) is 9.23. The lowest BCUT2D eigenvalue weighted by Crippen LogP contribution is -2.14. The van der Waals surface area contributed by atoms with Gasteiger partial charge in [-0.3, -0.25) is 4.79 Å². The molecule has 1 aliphatic heterocycles. The van der Waals surface area contributed by atoms with Crippen LogP contribution in [0.2, 0.25) is 0 Å². The van der Waals surface area contributed by atoms with Crippen molar-refractivity contribution in [3.8, 4) is 0 Å². The van der Waals surface area contributed by atoms with E-state index in [1.807, 2.05) is 6.92 Å². The lowest BCUT2D eigenvalue weighted by molar-refractivity contribution is -0.148. The van der Waals surface area contributed by atoms with Crippen molar-refractivity contribution in [1.82, 2.24) is 0 Å². The normalized spacial score (nSPS) is 19.3. The Morgan fingerprint density at radius 2 is 1.21 bits per heavy atom. The number of hydrogen-bond acceptors (Lipinski definition) is 3. The van der Waals surface area contributed by atoms with E-state index in [1.54, 1.807) is 0 Å². The highest BCUT2D eigenvalue weighted by molar-refractivity contribution is 5.69. The van der Waals surface area contributed by atoms with Crippen LogP contribution in [0.5, 0.6) is 0 Å². The van der Waals surface area contributed by atoms with Gasteiger partial charge in [0.25, 0.3) is 0 Å². The number of carbonyl (C=O) groups excluding carboxylic acids is 1. The minimum atomic E-state index is -0.00286. The first kappa shape index (κ1) is 26.5. The fourth-order valence-electron chi connectivity index (χ4n) is 4.16. The Morgan fingerprint density at radius 1 is 0.724 bits per heavy atom. The third-order valence-corrected chi connectivity index (χ3v) is 6.20. The van der Waals surface area contributed by atoms with E-state index in [0.29, 0.717) is 18.6 Å². The Balaban J connectivity index is 1.82. The Morgan fingerprint density at radius 3 is 1.79 bits per heavy atom. The highest BCUT2D eigenvalue weighted by Crippen LogP contribution is 2.31. The molecule has 0 spiro atoms. The van der Waals surface area contributed by atoms with Crippen molar-refractivity contribution >= 4 is 5.97 Å². The van der Waals surface area contributed by atoms with Crippen molar-refractivity contribution < 1.29 is 14.3 Å². The predicted octanol–water partition coefficient (Wildman–Crippen LogP) is 8.14. The third kappa shape index (κ3) is 15.9. The molecular formula is C26H50O3. The Hall–Kier alpha value is -0.570. The van der Waals surface area contributed by atoms with Crippen molar-refractivity contribution in [2.45, 2.75) is 161 Å². The molecule has 0 N–H and O–H groups in total. The summed E-state index contributed by atoms with van der Waals surface area (Å²) in [5, 5.41) is 0. The summed E-state index contributed by atoms with van der Waals surface area (Å²) >= 11 is 0. The fraction of sp³-hybridized carbons (Fsp3) is 0.962. The van der Waals surface area contributed by atoms with E-state index in [-0.39, 0.29) is 12.1 Å². The third-order valence-electron chi connectivity index (χ3n) is 6.20. The van der Waals surface area contributed by atoms with Crippen LogP contribution in [0.1, 0.15) is 143 Å². The second kappa shape index (κ2) is 18.2. The summed E-state index contributed by atoms with van der Waals surface area (Å²) in [4.78, 5) is 11.9. The fourth-order valence-corrected chi connectivity index (χ4v) is 4.16. The average Bonchev–Trinajstić information content (AvgIpc) is 3.45. The zero-order valence-electron chi connectivity index (χ0n) is 19.9. The van der Waals surface area contributed by atoms with Gasteiger partial charge in [0.05, 0.1) is 18.3 Å². The summed E-state index contributed by atoms with van der Waals surface area (Å²) in [5.41, 5.74) is 0. The summed E-state index contributed by atoms with van der Waals surface area (Å²) in [5.74, 6) is -0.00286. The summed E-state index contributed by atoms with van der Waals surface area (Å²) < 4.78 is 11.3. The molecule has 3 unspecified atom stereocenters. The molecule has 3 heteroatoms. The van der Waals surface area contributed by atoms with Gasteiger partial charge in [-0.25, -0.2) is 0 Å². The topological polar surface area (TPSA) is 38.8 Å². The van der Waals surface area contributed by atoms with Gasteiger partial charge in [-0.15, -0.1) is 0 Å². The maximum atomic E-state index is 11.9. The van der Waals surface area contributed by atoms with Gasteiger partial charge < -0.3 is 9.47 Å². The molecule has 3 atom stereocenters. The molecule has 0 aromatic heterocycles. The van der Waals surface area contributed by atoms with Crippen LogP contribution in [0.4, 0.5) is 0 Å². The van der Waals surface area contributed by atoms with Gasteiger partial charge in [0, 0.05) is 6.42 Å². The number of epoxide rings is 1. The van der Waals surface area contributed by atoms with Crippen LogP contribution in [0.15, 0.2) is 0 Å². The molecule has 29 heavy (non-hydrogen) atoms. The van der Waals surface area contributed by atoms with Crippen LogP contribution in [0.3, 0.4) is 0 Å². The van der Waals surface area contributed by atoms with Gasteiger partial charge in [0.1, 0.15) is 0 Å². The van der Waals surface area contributed by atoms with E-state index in [4.69, 9.17) is 9.47 Å². The van der Waals surface area contributed by atoms with Crippen molar-refractivity contribution in [2.24, 2.45) is 0 Å². The van der Waals surface area contributed by atoms with Gasteiger partial charge in [0.2, 0.25) is 0 Å². The van der Waals surface area contributed by atoms with Crippen molar-refractivity contribution in [1.29, 1.82) is 0 Å². The zero-order valence-corrected chi connectivity index (χ0v) is 19.9. The van der Waals surface area contributed by atoms with E-state index in [0.717, 1.165) is 19.3 Å². The number of rotatable bonds is 21. The molecule has 1 rings (SSSR count). The molecule has 0 saturated carbocycles. The predicted molar refractivity (Wildman–Crippen MR) is 123 cm³/mol. The van der Waals surface area contributed by atoms with Gasteiger partial charge in [-0.1, -0.05) is 97.3 Å². The summed E-state index contributed by atoms with van der Waals surface area (Å²) in [6, 6.07) is 0. The Bertz CT molecular complexity index is 382. The lowest BCUT2D eigenvalue weighted by Gasteiger charge is -2.13. The first-order valence-electron chi connectivity index (χ1n) is 13.0. The van der Waals surface area contributed by atoms with Crippen LogP contribution >= 0.6 is 0 Å². The molecule has 1 fully saturated rings. The van der Waals surface area contributed by atoms with Crippen molar-refractivity contribution in [3.63, 3.8) is 0 Å². The van der Waals surface area contributed by atoms with Crippen molar-refractivity contribution in [3.05, 3.63) is 0 Å². The van der Waals surface area contributed by atoms with Gasteiger partial charge in [-0.05, 0) is 39.0 Å². The molecule has 1 heterocycles. The largest absolute Gasteiger partial charge is 0.463 e. The maximum absolute atomic E-state index is 11.9. The molecule has 0 radical (unpaired) electrons. The van der Waals surface area contributed by atoms with Gasteiger partial charge in [0.15, 0.2) is 0 Å². The monoisotopic (exact) mass is 410 g/mol. The first-order valence-corrected chi connectivity index (χ1v) is 13.0. The number of hydrogen-bond donors (Lipinski definition) is 0. The van der Waals surface area contributed by atoms with Crippen LogP contribution < -0.4 is 0 Å². The summed E-state index contributed by atoms with van der Waals surface area (Å²) in [6.07, 6.45) is 24.4. The highest BCUT2D eigenvalue weighted by atomic mass is 16.6. The maximum Gasteiger partial charge on any atom is 0.306 e. The van der Waals surface area contributed by atoms with Crippen LogP contribution in [0.25, 0.3) is 0 Å². The van der Waals surface area contributed by atoms with Gasteiger partial charge >= 0.3 is 5.97 Å². The summed E-state index contributed by atoms with van der Waals surface area (Å²) in [7, 11) is 0. The summed E-state index contributed by atoms with van der Waals surface area (Å²) in [6.45, 7) is 6.52. The van der Waals surface area contributed by atoms with Gasteiger partial charge in [-0.2, -0.15) is 0 Å². The zero-order chi connectivity index (χ0) is 21.2.